The van der Waals surface area contributed by atoms with E-state index in [0.717, 1.165) is 44.2 Å². The molecule has 3 aromatic carbocycles. The lowest BCUT2D eigenvalue weighted by Crippen LogP contribution is -2.48. The van der Waals surface area contributed by atoms with Gasteiger partial charge in [0, 0.05) is 45.1 Å². The van der Waals surface area contributed by atoms with Gasteiger partial charge in [-0.25, -0.2) is 0 Å². The summed E-state index contributed by atoms with van der Waals surface area (Å²) in [6.07, 6.45) is 0.496. The molecule has 0 aliphatic carbocycles. The number of fused-ring (bicyclic) bond motifs is 1. The highest BCUT2D eigenvalue weighted by atomic mass is 16.7. The zero-order valence-electron chi connectivity index (χ0n) is 18.2. The molecule has 0 radical (unpaired) electrons. The highest BCUT2D eigenvalue weighted by molar-refractivity contribution is 5.78. The number of ether oxygens (including phenoxy) is 2. The van der Waals surface area contributed by atoms with Crippen LogP contribution in [0.1, 0.15) is 29.0 Å². The van der Waals surface area contributed by atoms with Crippen LogP contribution in [0.25, 0.3) is 0 Å². The van der Waals surface area contributed by atoms with Gasteiger partial charge in [0.2, 0.25) is 12.7 Å². The first-order valence-corrected chi connectivity index (χ1v) is 11.2. The van der Waals surface area contributed by atoms with Crippen molar-refractivity contribution >= 4 is 5.91 Å². The maximum atomic E-state index is 13.2. The fourth-order valence-electron chi connectivity index (χ4n) is 4.56. The summed E-state index contributed by atoms with van der Waals surface area (Å²) in [5.74, 6) is 1.95. The van der Waals surface area contributed by atoms with Crippen molar-refractivity contribution in [3.63, 3.8) is 0 Å². The fraction of sp³-hybridized carbons (Fsp3) is 0.296. The average Bonchev–Trinajstić information content (AvgIpc) is 3.32. The Balaban J connectivity index is 1.20. The van der Waals surface area contributed by atoms with E-state index in [9.17, 15) is 4.79 Å². The number of hydrogen-bond acceptors (Lipinski definition) is 4. The number of benzene rings is 3. The van der Waals surface area contributed by atoms with Crippen molar-refractivity contribution in [1.29, 1.82) is 0 Å². The number of nitrogens with zero attached hydrogens (tertiary/aromatic N) is 2. The summed E-state index contributed by atoms with van der Waals surface area (Å²) in [7, 11) is 0. The van der Waals surface area contributed by atoms with E-state index >= 15 is 0 Å². The van der Waals surface area contributed by atoms with Crippen molar-refractivity contribution < 1.29 is 14.3 Å². The highest BCUT2D eigenvalue weighted by Gasteiger charge is 2.25. The summed E-state index contributed by atoms with van der Waals surface area (Å²) in [4.78, 5) is 17.6. The van der Waals surface area contributed by atoms with Crippen LogP contribution in [0.3, 0.4) is 0 Å². The van der Waals surface area contributed by atoms with E-state index in [2.05, 4.69) is 41.3 Å². The van der Waals surface area contributed by atoms with Crippen LogP contribution < -0.4 is 9.47 Å². The van der Waals surface area contributed by atoms with Gasteiger partial charge < -0.3 is 14.4 Å². The average molecular weight is 429 g/mol. The van der Waals surface area contributed by atoms with Crippen LogP contribution in [-0.4, -0.2) is 48.7 Å². The molecule has 5 nitrogen and oxygen atoms in total. The molecule has 0 aromatic heterocycles. The second-order valence-corrected chi connectivity index (χ2v) is 8.42. The number of piperazine rings is 1. The normalized spacial score (nSPS) is 15.8. The summed E-state index contributed by atoms with van der Waals surface area (Å²) in [5, 5.41) is 0. The molecule has 0 N–H and O–H groups in total. The molecule has 32 heavy (non-hydrogen) atoms. The van der Waals surface area contributed by atoms with Gasteiger partial charge >= 0.3 is 0 Å². The van der Waals surface area contributed by atoms with Crippen LogP contribution in [0.4, 0.5) is 0 Å². The molecular weight excluding hydrogens is 400 g/mol. The Bertz CT molecular complexity index is 1010. The topological polar surface area (TPSA) is 42.0 Å². The Kier molecular flexibility index (Phi) is 6.08. The molecule has 0 saturated carbocycles. The molecule has 2 aliphatic heterocycles. The molecule has 1 fully saturated rings. The Morgan fingerprint density at radius 3 is 2.06 bits per heavy atom. The molecule has 3 aromatic rings. The van der Waals surface area contributed by atoms with E-state index in [1.54, 1.807) is 0 Å². The molecule has 5 heteroatoms. The van der Waals surface area contributed by atoms with Crippen LogP contribution in [0.2, 0.25) is 0 Å². The zero-order valence-corrected chi connectivity index (χ0v) is 18.2. The second kappa shape index (κ2) is 9.45. The van der Waals surface area contributed by atoms with Crippen molar-refractivity contribution in [2.45, 2.75) is 18.9 Å². The van der Waals surface area contributed by atoms with Crippen molar-refractivity contribution in [2.24, 2.45) is 0 Å². The van der Waals surface area contributed by atoms with Gasteiger partial charge in [0.15, 0.2) is 11.5 Å². The minimum absolute atomic E-state index is 0.0802. The van der Waals surface area contributed by atoms with Crippen molar-refractivity contribution in [3.8, 4) is 11.5 Å². The molecule has 0 atom stereocenters. The van der Waals surface area contributed by atoms with Crippen LogP contribution in [0.5, 0.6) is 11.5 Å². The van der Waals surface area contributed by atoms with Gasteiger partial charge in [-0.05, 0) is 28.8 Å². The van der Waals surface area contributed by atoms with Gasteiger partial charge in [-0.3, -0.25) is 9.69 Å². The summed E-state index contributed by atoms with van der Waals surface area (Å²) in [5.41, 5.74) is 3.59. The lowest BCUT2D eigenvalue weighted by Gasteiger charge is -2.35. The molecule has 0 spiro atoms. The van der Waals surface area contributed by atoms with Crippen LogP contribution in [-0.2, 0) is 11.3 Å². The molecule has 2 heterocycles. The minimum atomic E-state index is 0.0802. The number of carbonyl (C=O) groups is 1. The van der Waals surface area contributed by atoms with E-state index in [-0.39, 0.29) is 11.8 Å². The molecule has 5 rings (SSSR count). The number of amides is 1. The minimum Gasteiger partial charge on any atom is -0.454 e. The van der Waals surface area contributed by atoms with Crippen LogP contribution in [0, 0.1) is 0 Å². The summed E-state index contributed by atoms with van der Waals surface area (Å²) in [6, 6.07) is 26.8. The summed E-state index contributed by atoms with van der Waals surface area (Å²) >= 11 is 0. The maximum Gasteiger partial charge on any atom is 0.231 e. The van der Waals surface area contributed by atoms with Crippen molar-refractivity contribution in [2.75, 3.05) is 33.0 Å². The van der Waals surface area contributed by atoms with Gasteiger partial charge in [0.05, 0.1) is 0 Å². The third-order valence-electron chi connectivity index (χ3n) is 6.35. The van der Waals surface area contributed by atoms with Gasteiger partial charge in [0.25, 0.3) is 0 Å². The quantitative estimate of drug-likeness (QED) is 0.588. The van der Waals surface area contributed by atoms with Crippen molar-refractivity contribution in [1.82, 2.24) is 9.80 Å². The van der Waals surface area contributed by atoms with E-state index in [1.165, 1.54) is 16.7 Å². The number of rotatable bonds is 6. The monoisotopic (exact) mass is 428 g/mol. The van der Waals surface area contributed by atoms with Crippen LogP contribution >= 0.6 is 0 Å². The Morgan fingerprint density at radius 1 is 0.781 bits per heavy atom. The Morgan fingerprint density at radius 2 is 1.41 bits per heavy atom. The zero-order chi connectivity index (χ0) is 21.8. The predicted molar refractivity (Wildman–Crippen MR) is 124 cm³/mol. The second-order valence-electron chi connectivity index (χ2n) is 8.42. The van der Waals surface area contributed by atoms with Gasteiger partial charge in [-0.1, -0.05) is 66.7 Å². The Labute approximate surface area is 189 Å². The van der Waals surface area contributed by atoms with E-state index < -0.39 is 0 Å². The SMILES string of the molecule is O=C(CC(c1ccccc1)c1ccccc1)N1CCN(Cc2ccc3c(c2)OCO3)CC1. The molecular formula is C27H28N2O3. The van der Waals surface area contributed by atoms with Gasteiger partial charge in [0.1, 0.15) is 0 Å². The summed E-state index contributed by atoms with van der Waals surface area (Å²) < 4.78 is 10.9. The largest absolute Gasteiger partial charge is 0.454 e. The predicted octanol–water partition coefficient (Wildman–Crippen LogP) is 4.28. The lowest BCUT2D eigenvalue weighted by atomic mass is 9.88. The number of hydrogen-bond donors (Lipinski definition) is 0. The third-order valence-corrected chi connectivity index (χ3v) is 6.35. The van der Waals surface area contributed by atoms with E-state index in [4.69, 9.17) is 9.47 Å². The molecule has 1 saturated heterocycles. The molecule has 0 bridgehead atoms. The van der Waals surface area contributed by atoms with Crippen molar-refractivity contribution in [3.05, 3.63) is 95.6 Å². The lowest BCUT2D eigenvalue weighted by molar-refractivity contribution is -0.133. The van der Waals surface area contributed by atoms with E-state index in [1.807, 2.05) is 47.4 Å². The van der Waals surface area contributed by atoms with E-state index in [0.29, 0.717) is 13.2 Å². The fourth-order valence-corrected chi connectivity index (χ4v) is 4.56. The van der Waals surface area contributed by atoms with Crippen LogP contribution in [0.15, 0.2) is 78.9 Å². The number of carbonyl (C=O) groups excluding carboxylic acids is 1. The molecule has 0 unspecified atom stereocenters. The first-order valence-electron chi connectivity index (χ1n) is 11.2. The van der Waals surface area contributed by atoms with Gasteiger partial charge in [-0.2, -0.15) is 0 Å². The standard InChI is InChI=1S/C27H28N2O3/c30-27(18-24(22-7-3-1-4-8-22)23-9-5-2-6-10-23)29-15-13-28(14-16-29)19-21-11-12-25-26(17-21)32-20-31-25/h1-12,17,24H,13-16,18-20H2. The summed E-state index contributed by atoms with van der Waals surface area (Å²) in [6.45, 7) is 4.43. The molecule has 164 valence electrons. The highest BCUT2D eigenvalue weighted by Crippen LogP contribution is 2.33. The Hall–Kier alpha value is -3.31. The molecule has 2 aliphatic rings. The molecule has 1 amide bonds. The third kappa shape index (κ3) is 4.63. The smallest absolute Gasteiger partial charge is 0.231 e. The first-order chi connectivity index (χ1) is 15.8. The van der Waals surface area contributed by atoms with Gasteiger partial charge in [-0.15, -0.1) is 0 Å². The first kappa shape index (κ1) is 20.6. The maximum absolute atomic E-state index is 13.2.